The number of carbonyl (C=O) groups is 1. The first-order chi connectivity index (χ1) is 11.1. The van der Waals surface area contributed by atoms with Gasteiger partial charge in [-0.25, -0.2) is 0 Å². The monoisotopic (exact) mass is 315 g/mol. The Morgan fingerprint density at radius 1 is 1.35 bits per heavy atom. The molecule has 0 bridgehead atoms. The summed E-state index contributed by atoms with van der Waals surface area (Å²) >= 11 is 0. The molecule has 7 nitrogen and oxygen atoms in total. The molecule has 1 fully saturated rings. The summed E-state index contributed by atoms with van der Waals surface area (Å²) in [6.45, 7) is 1.33. The number of hydrogen-bond acceptors (Lipinski definition) is 4. The molecule has 1 atom stereocenters. The molecule has 0 radical (unpaired) electrons. The number of benzene rings is 1. The average Bonchev–Trinajstić information content (AvgIpc) is 3.00. The van der Waals surface area contributed by atoms with Crippen LogP contribution in [0.15, 0.2) is 42.6 Å². The van der Waals surface area contributed by atoms with Gasteiger partial charge in [-0.05, 0) is 18.2 Å². The van der Waals surface area contributed by atoms with Crippen LogP contribution < -0.4 is 0 Å². The molecule has 1 saturated heterocycles. The van der Waals surface area contributed by atoms with Crippen LogP contribution in [0.5, 0.6) is 0 Å². The summed E-state index contributed by atoms with van der Waals surface area (Å²) < 4.78 is 7.48. The Bertz CT molecular complexity index is 740. The first-order valence-corrected chi connectivity index (χ1v) is 7.32. The molecule has 0 N–H and O–H groups in total. The molecular formula is C16H17N3O4. The minimum atomic E-state index is -0.495. The number of ether oxygens (including phenoxy) is 1. The Morgan fingerprint density at radius 3 is 2.87 bits per heavy atom. The minimum Gasteiger partial charge on any atom is -0.377 e. The Balaban J connectivity index is 1.91. The third-order valence-electron chi connectivity index (χ3n) is 4.02. The maximum Gasteiger partial charge on any atom is 0.270 e. The highest BCUT2D eigenvalue weighted by molar-refractivity contribution is 5.95. The average molecular weight is 315 g/mol. The molecule has 120 valence electrons. The lowest BCUT2D eigenvalue weighted by molar-refractivity contribution is -0.384. The second kappa shape index (κ2) is 6.21. The molecule has 1 aliphatic heterocycles. The first-order valence-electron chi connectivity index (χ1n) is 7.32. The maximum absolute atomic E-state index is 12.8. The Morgan fingerprint density at radius 2 is 2.17 bits per heavy atom. The summed E-state index contributed by atoms with van der Waals surface area (Å²) in [4.78, 5) is 25.0. The van der Waals surface area contributed by atoms with E-state index in [1.807, 2.05) is 29.9 Å². The van der Waals surface area contributed by atoms with Gasteiger partial charge in [0.05, 0.1) is 24.2 Å². The second-order valence-electron chi connectivity index (χ2n) is 5.44. The van der Waals surface area contributed by atoms with Crippen LogP contribution in [0.25, 0.3) is 0 Å². The van der Waals surface area contributed by atoms with Gasteiger partial charge >= 0.3 is 0 Å². The largest absolute Gasteiger partial charge is 0.377 e. The summed E-state index contributed by atoms with van der Waals surface area (Å²) in [6, 6.07) is 9.50. The van der Waals surface area contributed by atoms with E-state index in [1.165, 1.54) is 18.2 Å². The molecule has 3 rings (SSSR count). The van der Waals surface area contributed by atoms with Crippen LogP contribution in [0.3, 0.4) is 0 Å². The third kappa shape index (κ3) is 2.95. The number of hydrogen-bond donors (Lipinski definition) is 0. The van der Waals surface area contributed by atoms with Gasteiger partial charge in [0.1, 0.15) is 0 Å². The number of morpholine rings is 1. The van der Waals surface area contributed by atoms with Crippen LogP contribution in [0.2, 0.25) is 0 Å². The predicted molar refractivity (Wildman–Crippen MR) is 83.1 cm³/mol. The quantitative estimate of drug-likeness (QED) is 0.642. The van der Waals surface area contributed by atoms with Gasteiger partial charge in [-0.3, -0.25) is 14.9 Å². The van der Waals surface area contributed by atoms with E-state index in [0.29, 0.717) is 25.3 Å². The smallest absolute Gasteiger partial charge is 0.270 e. The molecule has 0 spiro atoms. The highest BCUT2D eigenvalue weighted by atomic mass is 16.6. The van der Waals surface area contributed by atoms with E-state index in [-0.39, 0.29) is 17.6 Å². The normalized spacial score (nSPS) is 18.0. The zero-order valence-corrected chi connectivity index (χ0v) is 12.7. The topological polar surface area (TPSA) is 77.6 Å². The van der Waals surface area contributed by atoms with E-state index in [1.54, 1.807) is 11.0 Å². The fourth-order valence-corrected chi connectivity index (χ4v) is 2.83. The molecule has 1 aliphatic rings. The van der Waals surface area contributed by atoms with Crippen LogP contribution >= 0.6 is 0 Å². The van der Waals surface area contributed by atoms with Gasteiger partial charge in [0.25, 0.3) is 11.6 Å². The molecule has 0 aliphatic carbocycles. The Kier molecular flexibility index (Phi) is 4.12. The summed E-state index contributed by atoms with van der Waals surface area (Å²) in [6.07, 6.45) is 1.92. The molecule has 23 heavy (non-hydrogen) atoms. The van der Waals surface area contributed by atoms with Crippen LogP contribution in [0, 0.1) is 10.1 Å². The van der Waals surface area contributed by atoms with Gasteiger partial charge in [-0.1, -0.05) is 6.07 Å². The van der Waals surface area contributed by atoms with Crippen LogP contribution in [0.1, 0.15) is 22.1 Å². The summed E-state index contributed by atoms with van der Waals surface area (Å²) in [5.74, 6) is -0.219. The van der Waals surface area contributed by atoms with Crippen molar-refractivity contribution in [3.63, 3.8) is 0 Å². The van der Waals surface area contributed by atoms with Crippen molar-refractivity contribution in [3.8, 4) is 0 Å². The number of carbonyl (C=O) groups excluding carboxylic acids is 1. The SMILES string of the molecule is Cn1cccc1[C@@H]1COCCN1C(=O)c1cccc([N+](=O)[O-])c1. The standard InChI is InChI=1S/C16H17N3O4/c1-17-7-3-6-14(17)15-11-23-9-8-18(15)16(20)12-4-2-5-13(10-12)19(21)22/h2-7,10,15H,8-9,11H2,1H3/t15-/m0/s1. The number of aromatic nitrogens is 1. The van der Waals surface area contributed by atoms with Gasteiger partial charge in [-0.2, -0.15) is 0 Å². The lowest BCUT2D eigenvalue weighted by Gasteiger charge is -2.36. The molecule has 1 amide bonds. The Labute approximate surface area is 133 Å². The minimum absolute atomic E-state index is 0.0838. The highest BCUT2D eigenvalue weighted by Gasteiger charge is 2.31. The van der Waals surface area contributed by atoms with Crippen molar-refractivity contribution in [1.82, 2.24) is 9.47 Å². The van der Waals surface area contributed by atoms with E-state index >= 15 is 0 Å². The molecule has 0 unspecified atom stereocenters. The van der Waals surface area contributed by atoms with E-state index in [4.69, 9.17) is 4.74 Å². The second-order valence-corrected chi connectivity index (χ2v) is 5.44. The third-order valence-corrected chi connectivity index (χ3v) is 4.02. The fraction of sp³-hybridized carbons (Fsp3) is 0.312. The lowest BCUT2D eigenvalue weighted by Crippen LogP contribution is -2.44. The number of nitrogens with zero attached hydrogens (tertiary/aromatic N) is 3. The van der Waals surface area contributed by atoms with Crippen molar-refractivity contribution in [3.05, 3.63) is 64.0 Å². The number of rotatable bonds is 3. The molecule has 0 saturated carbocycles. The molecular weight excluding hydrogens is 298 g/mol. The van der Waals surface area contributed by atoms with Crippen molar-refractivity contribution in [2.24, 2.45) is 7.05 Å². The summed E-state index contributed by atoms with van der Waals surface area (Å²) in [7, 11) is 1.92. The zero-order valence-electron chi connectivity index (χ0n) is 12.7. The number of aryl methyl sites for hydroxylation is 1. The number of nitro benzene ring substituents is 1. The predicted octanol–water partition coefficient (Wildman–Crippen LogP) is 2.15. The van der Waals surface area contributed by atoms with Gasteiger partial charge in [0, 0.05) is 43.2 Å². The lowest BCUT2D eigenvalue weighted by atomic mass is 10.1. The molecule has 7 heteroatoms. The maximum atomic E-state index is 12.8. The van der Waals surface area contributed by atoms with Gasteiger partial charge in [0.15, 0.2) is 0 Å². The number of amides is 1. The first kappa shape index (κ1) is 15.2. The Hall–Kier alpha value is -2.67. The van der Waals surface area contributed by atoms with Gasteiger partial charge in [0.2, 0.25) is 0 Å². The molecule has 2 heterocycles. The fourth-order valence-electron chi connectivity index (χ4n) is 2.83. The van der Waals surface area contributed by atoms with Crippen molar-refractivity contribution in [2.75, 3.05) is 19.8 Å². The van der Waals surface area contributed by atoms with Crippen LogP contribution in [-0.2, 0) is 11.8 Å². The molecule has 1 aromatic heterocycles. The van der Waals surface area contributed by atoms with E-state index < -0.39 is 4.92 Å². The van der Waals surface area contributed by atoms with Crippen molar-refractivity contribution >= 4 is 11.6 Å². The van der Waals surface area contributed by atoms with E-state index in [0.717, 1.165) is 5.69 Å². The summed E-state index contributed by atoms with van der Waals surface area (Å²) in [5.41, 5.74) is 1.21. The van der Waals surface area contributed by atoms with Crippen molar-refractivity contribution < 1.29 is 14.5 Å². The molecule has 1 aromatic carbocycles. The van der Waals surface area contributed by atoms with Crippen molar-refractivity contribution in [1.29, 1.82) is 0 Å². The zero-order chi connectivity index (χ0) is 16.4. The van der Waals surface area contributed by atoms with E-state index in [9.17, 15) is 14.9 Å². The molecule has 2 aromatic rings. The van der Waals surface area contributed by atoms with Crippen LogP contribution in [-0.4, -0.2) is 40.1 Å². The van der Waals surface area contributed by atoms with Gasteiger partial charge in [-0.15, -0.1) is 0 Å². The highest BCUT2D eigenvalue weighted by Crippen LogP contribution is 2.26. The van der Waals surface area contributed by atoms with Crippen molar-refractivity contribution in [2.45, 2.75) is 6.04 Å². The van der Waals surface area contributed by atoms with Crippen LogP contribution in [0.4, 0.5) is 5.69 Å². The number of nitro groups is 1. The van der Waals surface area contributed by atoms with E-state index in [2.05, 4.69) is 0 Å². The number of non-ortho nitro benzene ring substituents is 1. The summed E-state index contributed by atoms with van der Waals surface area (Å²) in [5, 5.41) is 10.9. The van der Waals surface area contributed by atoms with Gasteiger partial charge < -0.3 is 14.2 Å².